The molecule has 65 valence electrons. The molecule has 1 N–H and O–H groups in total. The van der Waals surface area contributed by atoms with Crippen LogP contribution >= 0.6 is 0 Å². The molecule has 0 saturated heterocycles. The minimum atomic E-state index is -5.62. The van der Waals surface area contributed by atoms with Crippen molar-refractivity contribution in [2.24, 2.45) is 0 Å². The van der Waals surface area contributed by atoms with Crippen LogP contribution < -0.4 is 4.19 Å². The maximum absolute atomic E-state index is 8.58. The second-order valence-corrected chi connectivity index (χ2v) is 1.80. The Morgan fingerprint density at radius 3 is 1.33 bits per heavy atom. The molecule has 6 nitrogen and oxygen atoms in total. The van der Waals surface area contributed by atoms with Gasteiger partial charge in [-0.15, -0.1) is 0 Å². The van der Waals surface area contributed by atoms with Crippen molar-refractivity contribution in [3.8, 4) is 0 Å². The van der Waals surface area contributed by atoms with Gasteiger partial charge in [0.15, 0.2) is 0 Å². The van der Waals surface area contributed by atoms with Crippen LogP contribution in [0.3, 0.4) is 0 Å². The topological polar surface area (TPSA) is 112 Å². The first kappa shape index (κ1) is 16.5. The zero-order chi connectivity index (χ0) is 7.21. The van der Waals surface area contributed by atoms with Gasteiger partial charge in [-0.2, -0.15) is 0 Å². The normalized spacial score (nSPS) is 8.67. The van der Waals surface area contributed by atoms with Gasteiger partial charge in [0.25, 0.3) is 0 Å². The van der Waals surface area contributed by atoms with Crippen molar-refractivity contribution in [1.29, 1.82) is 0 Å². The van der Waals surface area contributed by atoms with E-state index in [-0.39, 0.29) is 22.4 Å². The Bertz CT molecular complexity index is 168. The van der Waals surface area contributed by atoms with Crippen molar-refractivity contribution in [2.45, 2.75) is 0 Å². The Hall–Kier alpha value is 0.873. The van der Waals surface area contributed by atoms with Gasteiger partial charge >= 0.3 is 73.9 Å². The zero-order valence-corrected chi connectivity index (χ0v) is 7.13. The average molecular weight is 319 g/mol. The summed E-state index contributed by atoms with van der Waals surface area (Å²) in [6, 6.07) is 0. The summed E-state index contributed by atoms with van der Waals surface area (Å²) in [7, 11) is 0. The summed E-state index contributed by atoms with van der Waals surface area (Å²) in [6.07, 6.45) is 0. The molecule has 0 aliphatic heterocycles. The molecular formula is HAgMnNiO6. The minimum absolute atomic E-state index is 0. The first-order valence-electron chi connectivity index (χ1n) is 0.888. The number of hydrogen-bond donors (Lipinski definition) is 1. The fraction of sp³-hybridized carbons (Fsp3) is 0. The van der Waals surface area contributed by atoms with Gasteiger partial charge in [0.05, 0.1) is 0 Å². The van der Waals surface area contributed by atoms with Gasteiger partial charge in [-0.1, -0.05) is 0 Å². The molecule has 0 bridgehead atoms. The summed E-state index contributed by atoms with van der Waals surface area (Å²) in [5.41, 5.74) is 0. The second-order valence-electron chi connectivity index (χ2n) is 0.436. The molecule has 0 aromatic rings. The van der Waals surface area contributed by atoms with Crippen LogP contribution in [0.5, 0.6) is 0 Å². The van der Waals surface area contributed by atoms with E-state index in [1.54, 1.807) is 0 Å². The number of rotatable bonds is 0. The summed E-state index contributed by atoms with van der Waals surface area (Å²) in [6.45, 7) is 0. The van der Waals surface area contributed by atoms with Crippen molar-refractivity contribution in [3.05, 3.63) is 0 Å². The van der Waals surface area contributed by atoms with Crippen LogP contribution in [-0.2, 0) is 65.4 Å². The van der Waals surface area contributed by atoms with E-state index in [0.29, 0.717) is 0 Å². The van der Waals surface area contributed by atoms with Gasteiger partial charge in [-0.25, -0.2) is 0 Å². The van der Waals surface area contributed by atoms with Gasteiger partial charge in [0.2, 0.25) is 0 Å². The summed E-state index contributed by atoms with van der Waals surface area (Å²) in [4.78, 5) is 0. The molecule has 0 rings (SSSR count). The quantitative estimate of drug-likeness (QED) is 0.506. The van der Waals surface area contributed by atoms with Crippen molar-refractivity contribution in [2.75, 3.05) is 0 Å². The predicted octanol–water partition coefficient (Wildman–Crippen LogP) is -2.23. The third-order valence-corrected chi connectivity index (χ3v) is 0. The third-order valence-electron chi connectivity index (χ3n) is 0. The zero-order valence-electron chi connectivity index (χ0n) is 3.48. The van der Waals surface area contributed by atoms with Crippen LogP contribution in [0.4, 0.5) is 0 Å². The molecule has 0 amide bonds. The molecule has 0 fully saturated rings. The molecule has 0 radical (unpaired) electrons. The molecule has 0 unspecified atom stereocenters. The van der Waals surface area contributed by atoms with Gasteiger partial charge in [0.1, 0.15) is 0 Å². The third kappa shape index (κ3) is 550. The second kappa shape index (κ2) is 8.87. The summed E-state index contributed by atoms with van der Waals surface area (Å²) in [5, 5.41) is 0. The van der Waals surface area contributed by atoms with Crippen LogP contribution in [0.1, 0.15) is 0 Å². The molecule has 9 heteroatoms. The Labute approximate surface area is 73.6 Å². The fourth-order valence-corrected chi connectivity index (χ4v) is 0. The Kier molecular flexibility index (Phi) is 16.2. The van der Waals surface area contributed by atoms with E-state index in [0.717, 1.165) is 0 Å². The van der Waals surface area contributed by atoms with Crippen molar-refractivity contribution in [1.82, 2.24) is 0 Å². The van der Waals surface area contributed by atoms with Crippen LogP contribution in [-0.4, -0.2) is 4.25 Å². The molecule has 0 saturated carbocycles. The molecule has 0 atom stereocenters. The first-order valence-corrected chi connectivity index (χ1v) is 3.66. The standard InChI is InChI=1S/Ag.Mn.Ni.H2O.5O/h;;;1H2;;;;;/q+1;;+1;;;;;;-1/p-1. The molecule has 0 aromatic heterocycles. The van der Waals surface area contributed by atoms with Crippen LogP contribution in [0.25, 0.3) is 0 Å². The maximum atomic E-state index is 8.58. The monoisotopic (exact) mass is 317 g/mol. The summed E-state index contributed by atoms with van der Waals surface area (Å²) in [5.74, 6) is 0. The molecule has 0 aromatic carbocycles. The molecule has 9 heavy (non-hydrogen) atoms. The molecule has 0 aliphatic rings. The van der Waals surface area contributed by atoms with E-state index in [4.69, 9.17) is 23.8 Å². The Morgan fingerprint density at radius 2 is 1.33 bits per heavy atom. The predicted molar refractivity (Wildman–Crippen MR) is 4.96 cm³/mol. The van der Waals surface area contributed by atoms with E-state index in [1.165, 1.54) is 0 Å². The van der Waals surface area contributed by atoms with Crippen LogP contribution in [0.15, 0.2) is 0 Å². The van der Waals surface area contributed by atoms with Gasteiger partial charge in [-0.05, 0) is 0 Å². The fourth-order valence-electron chi connectivity index (χ4n) is 0. The molecule has 0 spiro atoms. The van der Waals surface area contributed by atoms with E-state index >= 15 is 0 Å². The van der Waals surface area contributed by atoms with E-state index < -0.39 is 27.7 Å². The van der Waals surface area contributed by atoms with E-state index in [2.05, 4.69) is 0 Å². The Balaban J connectivity index is -0.0000000800. The number of hydrogen-bond acceptors (Lipinski definition) is 5. The average Bonchev–Trinajstić information content (AvgIpc) is 1.27. The molecular weight excluding hydrogens is 317 g/mol. The van der Waals surface area contributed by atoms with E-state index in [1.807, 2.05) is 0 Å². The summed E-state index contributed by atoms with van der Waals surface area (Å²) < 4.78 is 49.7. The Morgan fingerprint density at radius 1 is 1.33 bits per heavy atom. The van der Waals surface area contributed by atoms with Crippen molar-refractivity contribution in [3.63, 3.8) is 0 Å². The molecule has 0 aliphatic carbocycles. The van der Waals surface area contributed by atoms with Crippen molar-refractivity contribution < 1.29 is 73.9 Å². The summed E-state index contributed by atoms with van der Waals surface area (Å²) >= 11 is -6.25. The molecule has 0 heterocycles. The van der Waals surface area contributed by atoms with Gasteiger partial charge in [-0.3, -0.25) is 0 Å². The van der Waals surface area contributed by atoms with Gasteiger partial charge in [0, 0.05) is 0 Å². The first-order chi connectivity index (χ1) is 3.41. The van der Waals surface area contributed by atoms with E-state index in [9.17, 15) is 0 Å². The van der Waals surface area contributed by atoms with Gasteiger partial charge < -0.3 is 0 Å². The van der Waals surface area contributed by atoms with Crippen LogP contribution in [0, 0.1) is 0 Å². The SMILES string of the molecule is [Ag+].[O]=[Mn](=[O])(=[O])[O-].[O]=[Ni][OH]. The van der Waals surface area contributed by atoms with Crippen LogP contribution in [0.2, 0.25) is 0 Å². The van der Waals surface area contributed by atoms with Crippen molar-refractivity contribution >= 4 is 0 Å².